The van der Waals surface area contributed by atoms with Gasteiger partial charge in [-0.25, -0.2) is 4.79 Å². The van der Waals surface area contributed by atoms with Crippen molar-refractivity contribution in [1.82, 2.24) is 0 Å². The van der Waals surface area contributed by atoms with E-state index >= 15 is 0 Å². The fourth-order valence-electron chi connectivity index (χ4n) is 1.98. The van der Waals surface area contributed by atoms with Gasteiger partial charge in [0.1, 0.15) is 5.60 Å². The molecule has 0 saturated heterocycles. The second kappa shape index (κ2) is 4.69. The Kier molecular flexibility index (Phi) is 3.77. The quantitative estimate of drug-likeness (QED) is 0.494. The average molecular weight is 212 g/mol. The third kappa shape index (κ3) is 4.86. The molecule has 15 heavy (non-hydrogen) atoms. The van der Waals surface area contributed by atoms with Gasteiger partial charge in [0, 0.05) is 0 Å². The lowest BCUT2D eigenvalue weighted by Gasteiger charge is -2.15. The lowest BCUT2D eigenvalue weighted by molar-refractivity contribution is 0.0150. The van der Waals surface area contributed by atoms with Crippen LogP contribution in [0.5, 0.6) is 0 Å². The summed E-state index contributed by atoms with van der Waals surface area (Å²) in [5.41, 5.74) is -0.578. The Hall–Kier alpha value is -0.990. The predicted octanol–water partition coefficient (Wildman–Crippen LogP) is 3.45. The second-order valence-corrected chi connectivity index (χ2v) is 5.20. The summed E-state index contributed by atoms with van der Waals surface area (Å²) in [6.07, 6.45) is 7.96. The Balaban J connectivity index is 0.000000150. The van der Waals surface area contributed by atoms with Crippen molar-refractivity contribution in [2.45, 2.75) is 45.6 Å². The molecule has 2 aliphatic carbocycles. The van der Waals surface area contributed by atoms with Gasteiger partial charge in [-0.05, 0) is 51.9 Å². The first-order valence-corrected chi connectivity index (χ1v) is 5.47. The molecule has 2 rings (SSSR count). The fourth-order valence-corrected chi connectivity index (χ4v) is 1.98. The number of hydrogen-bond acceptors (Lipinski definition) is 2. The largest absolute Gasteiger partial charge is 0.506 e. The topological polar surface area (TPSA) is 46.5 Å². The van der Waals surface area contributed by atoms with E-state index < -0.39 is 11.8 Å². The van der Waals surface area contributed by atoms with Crippen LogP contribution in [-0.4, -0.2) is 16.9 Å². The molecule has 3 nitrogen and oxygen atoms in total. The van der Waals surface area contributed by atoms with Crippen molar-refractivity contribution in [2.75, 3.05) is 0 Å². The first kappa shape index (κ1) is 12.1. The molecule has 0 heterocycles. The SMILES string of the molecule is C1=CC2CCC1C2.CC(C)(C)OC(=O)O. The fraction of sp³-hybridized carbons (Fsp3) is 0.750. The van der Waals surface area contributed by atoms with Crippen molar-refractivity contribution in [3.8, 4) is 0 Å². The monoisotopic (exact) mass is 212 g/mol. The minimum absolute atomic E-state index is 0.578. The molecule has 0 aromatic heterocycles. The summed E-state index contributed by atoms with van der Waals surface area (Å²) in [5, 5.41) is 8.03. The van der Waals surface area contributed by atoms with E-state index in [9.17, 15) is 4.79 Å². The normalized spacial score (nSPS) is 27.1. The third-order valence-corrected chi connectivity index (χ3v) is 2.56. The molecule has 1 N–H and O–H groups in total. The second-order valence-electron chi connectivity index (χ2n) is 5.20. The molecule has 86 valence electrons. The van der Waals surface area contributed by atoms with Gasteiger partial charge in [0.05, 0.1) is 0 Å². The molecule has 0 amide bonds. The van der Waals surface area contributed by atoms with Crippen molar-refractivity contribution in [1.29, 1.82) is 0 Å². The van der Waals surface area contributed by atoms with Gasteiger partial charge in [0.2, 0.25) is 0 Å². The molecule has 0 spiro atoms. The number of hydrogen-bond donors (Lipinski definition) is 1. The maximum atomic E-state index is 9.79. The molecule has 2 aliphatic rings. The smallest absolute Gasteiger partial charge is 0.450 e. The zero-order chi connectivity index (χ0) is 11.5. The van der Waals surface area contributed by atoms with E-state index in [2.05, 4.69) is 16.9 Å². The third-order valence-electron chi connectivity index (χ3n) is 2.56. The number of allylic oxidation sites excluding steroid dienone is 2. The van der Waals surface area contributed by atoms with Gasteiger partial charge in [-0.2, -0.15) is 0 Å². The average Bonchev–Trinajstić information content (AvgIpc) is 2.61. The molecule has 3 heteroatoms. The van der Waals surface area contributed by atoms with Gasteiger partial charge in [0.25, 0.3) is 0 Å². The highest BCUT2D eigenvalue weighted by molar-refractivity contribution is 5.57. The lowest BCUT2D eigenvalue weighted by atomic mass is 10.1. The predicted molar refractivity (Wildman–Crippen MR) is 58.8 cm³/mol. The van der Waals surface area contributed by atoms with Crippen LogP contribution in [0.4, 0.5) is 4.79 Å². The zero-order valence-corrected chi connectivity index (χ0v) is 9.69. The van der Waals surface area contributed by atoms with Crippen LogP contribution in [0.2, 0.25) is 0 Å². The van der Waals surface area contributed by atoms with E-state index in [0.29, 0.717) is 0 Å². The van der Waals surface area contributed by atoms with Crippen LogP contribution in [0.15, 0.2) is 12.2 Å². The van der Waals surface area contributed by atoms with Crippen molar-refractivity contribution < 1.29 is 14.6 Å². The van der Waals surface area contributed by atoms with Gasteiger partial charge in [-0.1, -0.05) is 12.2 Å². The van der Waals surface area contributed by atoms with Crippen molar-refractivity contribution in [2.24, 2.45) is 11.8 Å². The molecular weight excluding hydrogens is 192 g/mol. The summed E-state index contributed by atoms with van der Waals surface area (Å²) in [4.78, 5) is 9.79. The van der Waals surface area contributed by atoms with Crippen molar-refractivity contribution >= 4 is 6.16 Å². The number of carbonyl (C=O) groups is 1. The molecule has 2 atom stereocenters. The Labute approximate surface area is 91.1 Å². The number of fused-ring (bicyclic) bond motifs is 2. The maximum absolute atomic E-state index is 9.79. The van der Waals surface area contributed by atoms with Gasteiger partial charge in [-0.15, -0.1) is 0 Å². The molecule has 2 bridgehead atoms. The van der Waals surface area contributed by atoms with E-state index in [-0.39, 0.29) is 0 Å². The van der Waals surface area contributed by atoms with Crippen molar-refractivity contribution in [3.63, 3.8) is 0 Å². The molecule has 2 unspecified atom stereocenters. The molecule has 1 saturated carbocycles. The maximum Gasteiger partial charge on any atom is 0.506 e. The van der Waals surface area contributed by atoms with Gasteiger partial charge < -0.3 is 9.84 Å². The summed E-state index contributed by atoms with van der Waals surface area (Å²) < 4.78 is 4.35. The molecule has 0 aromatic carbocycles. The van der Waals surface area contributed by atoms with Gasteiger partial charge in [-0.3, -0.25) is 0 Å². The van der Waals surface area contributed by atoms with Crippen LogP contribution in [0.1, 0.15) is 40.0 Å². The highest BCUT2D eigenvalue weighted by Gasteiger charge is 2.25. The molecule has 1 fully saturated rings. The summed E-state index contributed by atoms with van der Waals surface area (Å²) >= 11 is 0. The molecule has 0 aromatic rings. The number of rotatable bonds is 0. The van der Waals surface area contributed by atoms with Crippen LogP contribution >= 0.6 is 0 Å². The van der Waals surface area contributed by atoms with E-state index in [1.54, 1.807) is 20.8 Å². The highest BCUT2D eigenvalue weighted by Crippen LogP contribution is 2.38. The summed E-state index contributed by atoms with van der Waals surface area (Å²) in [6, 6.07) is 0. The first-order valence-electron chi connectivity index (χ1n) is 5.47. The standard InChI is InChI=1S/C7H10.C5H10O3/c1-2-7-4-3-6(1)5-7;1-5(2,3)8-4(6)7/h1-2,6-7H,3-5H2;1-3H3,(H,6,7). The van der Waals surface area contributed by atoms with Crippen LogP contribution in [0, 0.1) is 11.8 Å². The number of ether oxygens (including phenoxy) is 1. The Morgan fingerprint density at radius 3 is 1.80 bits per heavy atom. The Bertz CT molecular complexity index is 238. The summed E-state index contributed by atoms with van der Waals surface area (Å²) in [7, 11) is 0. The lowest BCUT2D eigenvalue weighted by Crippen LogP contribution is -2.22. The van der Waals surface area contributed by atoms with Crippen LogP contribution < -0.4 is 0 Å². The molecular formula is C12H20O3. The first-order chi connectivity index (χ1) is 6.87. The molecule has 0 radical (unpaired) electrons. The van der Waals surface area contributed by atoms with E-state index in [4.69, 9.17) is 5.11 Å². The zero-order valence-electron chi connectivity index (χ0n) is 9.69. The van der Waals surface area contributed by atoms with Crippen LogP contribution in [0.3, 0.4) is 0 Å². The highest BCUT2D eigenvalue weighted by atomic mass is 16.7. The van der Waals surface area contributed by atoms with E-state index in [0.717, 1.165) is 11.8 Å². The van der Waals surface area contributed by atoms with Gasteiger partial charge >= 0.3 is 6.16 Å². The minimum Gasteiger partial charge on any atom is -0.450 e. The molecule has 0 aliphatic heterocycles. The number of carboxylic acid groups (broad SMARTS) is 1. The van der Waals surface area contributed by atoms with E-state index in [1.165, 1.54) is 19.3 Å². The summed E-state index contributed by atoms with van der Waals surface area (Å²) in [6.45, 7) is 5.04. The van der Waals surface area contributed by atoms with E-state index in [1.807, 2.05) is 0 Å². The van der Waals surface area contributed by atoms with Gasteiger partial charge in [0.15, 0.2) is 0 Å². The van der Waals surface area contributed by atoms with Crippen LogP contribution in [0.25, 0.3) is 0 Å². The Morgan fingerprint density at radius 2 is 1.73 bits per heavy atom. The van der Waals surface area contributed by atoms with Crippen LogP contribution in [-0.2, 0) is 4.74 Å². The summed E-state index contributed by atoms with van der Waals surface area (Å²) in [5.74, 6) is 1.98. The minimum atomic E-state index is -1.22. The van der Waals surface area contributed by atoms with Crippen molar-refractivity contribution in [3.05, 3.63) is 12.2 Å². The Morgan fingerprint density at radius 1 is 1.27 bits per heavy atom.